The van der Waals surface area contributed by atoms with Crippen molar-refractivity contribution in [2.24, 2.45) is 5.92 Å². The first kappa shape index (κ1) is 12.1. The first-order valence-electron chi connectivity index (χ1n) is 5.49. The summed E-state index contributed by atoms with van der Waals surface area (Å²) in [5.74, 6) is -5.73. The zero-order chi connectivity index (χ0) is 12.6. The minimum absolute atomic E-state index is 0.299. The summed E-state index contributed by atoms with van der Waals surface area (Å²) in [6.45, 7) is 2.77. The van der Waals surface area contributed by atoms with Gasteiger partial charge in [-0.1, -0.05) is 13.3 Å². The molecule has 1 saturated heterocycles. The molecule has 2 heterocycles. The van der Waals surface area contributed by atoms with Crippen LogP contribution in [0, 0.1) is 29.4 Å². The Morgan fingerprint density at radius 2 is 1.76 bits per heavy atom. The van der Waals surface area contributed by atoms with Crippen LogP contribution in [0.4, 0.5) is 23.2 Å². The van der Waals surface area contributed by atoms with Crippen molar-refractivity contribution in [2.75, 3.05) is 18.0 Å². The Balaban J connectivity index is 2.38. The van der Waals surface area contributed by atoms with E-state index in [1.165, 1.54) is 4.90 Å². The van der Waals surface area contributed by atoms with Crippen molar-refractivity contribution in [3.63, 3.8) is 0 Å². The number of rotatable bonds is 2. The Hall–Kier alpha value is -1.33. The van der Waals surface area contributed by atoms with Crippen molar-refractivity contribution in [3.8, 4) is 0 Å². The summed E-state index contributed by atoms with van der Waals surface area (Å²) in [4.78, 5) is 3.87. The summed E-state index contributed by atoms with van der Waals surface area (Å²) in [6.07, 6.45) is 1.64. The van der Waals surface area contributed by atoms with E-state index in [-0.39, 0.29) is 0 Å². The minimum atomic E-state index is -1.60. The summed E-state index contributed by atoms with van der Waals surface area (Å²) >= 11 is 0. The Morgan fingerprint density at radius 1 is 1.18 bits per heavy atom. The number of nitrogens with zero attached hydrogens (tertiary/aromatic N) is 2. The fourth-order valence-electron chi connectivity index (χ4n) is 2.12. The van der Waals surface area contributed by atoms with Crippen LogP contribution in [0.15, 0.2) is 0 Å². The van der Waals surface area contributed by atoms with E-state index in [1.807, 2.05) is 6.92 Å². The van der Waals surface area contributed by atoms with Crippen LogP contribution in [0.25, 0.3) is 0 Å². The van der Waals surface area contributed by atoms with Crippen LogP contribution >= 0.6 is 0 Å². The number of hydrogen-bond donors (Lipinski definition) is 0. The SMILES string of the molecule is CCC1CCN(c2c(F)c(F)nc(F)c2F)C1. The standard InChI is InChI=1S/C11H12F4N2/c1-2-6-3-4-17(5-6)9-7(12)10(14)16-11(15)8(9)13/h6H,2-5H2,1H3. The van der Waals surface area contributed by atoms with Gasteiger partial charge in [0.25, 0.3) is 11.9 Å². The van der Waals surface area contributed by atoms with Crippen molar-refractivity contribution >= 4 is 5.69 Å². The van der Waals surface area contributed by atoms with Gasteiger partial charge >= 0.3 is 0 Å². The Bertz CT molecular complexity index is 410. The van der Waals surface area contributed by atoms with Gasteiger partial charge in [0.15, 0.2) is 0 Å². The van der Waals surface area contributed by atoms with E-state index in [1.54, 1.807) is 0 Å². The molecule has 6 heteroatoms. The van der Waals surface area contributed by atoms with Crippen LogP contribution in [0.2, 0.25) is 0 Å². The molecule has 1 atom stereocenters. The fraction of sp³-hybridized carbons (Fsp3) is 0.545. The van der Waals surface area contributed by atoms with Crippen molar-refractivity contribution < 1.29 is 17.6 Å². The van der Waals surface area contributed by atoms with E-state index in [4.69, 9.17) is 0 Å². The van der Waals surface area contributed by atoms with Crippen LogP contribution in [0.3, 0.4) is 0 Å². The lowest BCUT2D eigenvalue weighted by Crippen LogP contribution is -2.23. The lowest BCUT2D eigenvalue weighted by atomic mass is 10.1. The van der Waals surface area contributed by atoms with Gasteiger partial charge < -0.3 is 4.90 Å². The average Bonchev–Trinajstić information content (AvgIpc) is 2.75. The summed E-state index contributed by atoms with van der Waals surface area (Å²) in [5, 5.41) is 0. The molecule has 0 amide bonds. The van der Waals surface area contributed by atoms with E-state index >= 15 is 0 Å². The molecule has 0 spiro atoms. The van der Waals surface area contributed by atoms with Crippen molar-refractivity contribution in [1.29, 1.82) is 0 Å². The maximum absolute atomic E-state index is 13.4. The molecule has 17 heavy (non-hydrogen) atoms. The van der Waals surface area contributed by atoms with Gasteiger partial charge in [0.2, 0.25) is 11.6 Å². The average molecular weight is 248 g/mol. The van der Waals surface area contributed by atoms with E-state index in [0.29, 0.717) is 19.0 Å². The highest BCUT2D eigenvalue weighted by Crippen LogP contribution is 2.31. The fourth-order valence-corrected chi connectivity index (χ4v) is 2.12. The maximum Gasteiger partial charge on any atom is 0.253 e. The molecule has 0 saturated carbocycles. The van der Waals surface area contributed by atoms with E-state index < -0.39 is 29.2 Å². The van der Waals surface area contributed by atoms with Gasteiger partial charge in [-0.3, -0.25) is 0 Å². The van der Waals surface area contributed by atoms with Crippen LogP contribution in [0.1, 0.15) is 19.8 Å². The predicted molar refractivity (Wildman–Crippen MR) is 54.7 cm³/mol. The maximum atomic E-state index is 13.4. The third-order valence-electron chi connectivity index (χ3n) is 3.15. The highest BCUT2D eigenvalue weighted by atomic mass is 19.2. The molecule has 0 aliphatic carbocycles. The second-order valence-electron chi connectivity index (χ2n) is 4.18. The van der Waals surface area contributed by atoms with Crippen LogP contribution < -0.4 is 4.90 Å². The van der Waals surface area contributed by atoms with Crippen molar-refractivity contribution in [2.45, 2.75) is 19.8 Å². The molecule has 0 radical (unpaired) electrons. The van der Waals surface area contributed by atoms with Crippen LogP contribution in [-0.4, -0.2) is 18.1 Å². The van der Waals surface area contributed by atoms with Crippen LogP contribution in [-0.2, 0) is 0 Å². The van der Waals surface area contributed by atoms with E-state index in [2.05, 4.69) is 4.98 Å². The number of pyridine rings is 1. The normalized spacial score (nSPS) is 20.1. The predicted octanol–water partition coefficient (Wildman–Crippen LogP) is 2.87. The Labute approximate surface area is 96.3 Å². The van der Waals surface area contributed by atoms with Crippen molar-refractivity contribution in [3.05, 3.63) is 23.5 Å². The molecule has 1 aliphatic heterocycles. The topological polar surface area (TPSA) is 16.1 Å². The number of halogens is 4. The van der Waals surface area contributed by atoms with E-state index in [0.717, 1.165) is 12.8 Å². The first-order valence-corrected chi connectivity index (χ1v) is 5.49. The third kappa shape index (κ3) is 2.08. The third-order valence-corrected chi connectivity index (χ3v) is 3.15. The molecule has 1 aromatic heterocycles. The van der Waals surface area contributed by atoms with Gasteiger partial charge in [-0.2, -0.15) is 22.5 Å². The second kappa shape index (κ2) is 4.50. The summed E-state index contributed by atoms with van der Waals surface area (Å²) in [6, 6.07) is 0. The summed E-state index contributed by atoms with van der Waals surface area (Å²) in [5.41, 5.74) is -0.633. The van der Waals surface area contributed by atoms with Crippen molar-refractivity contribution in [1.82, 2.24) is 4.98 Å². The quantitative estimate of drug-likeness (QED) is 0.591. The molecule has 1 aromatic rings. The van der Waals surface area contributed by atoms with Crippen LogP contribution in [0.5, 0.6) is 0 Å². The Kier molecular flexibility index (Phi) is 3.22. The molecule has 1 aliphatic rings. The molecule has 1 unspecified atom stereocenters. The van der Waals surface area contributed by atoms with Gasteiger partial charge in [0.05, 0.1) is 0 Å². The molecule has 1 fully saturated rings. The largest absolute Gasteiger partial charge is 0.366 e. The number of hydrogen-bond acceptors (Lipinski definition) is 2. The highest BCUT2D eigenvalue weighted by Gasteiger charge is 2.30. The molecule has 0 N–H and O–H groups in total. The van der Waals surface area contributed by atoms with Gasteiger partial charge in [0, 0.05) is 13.1 Å². The van der Waals surface area contributed by atoms with Gasteiger partial charge in [-0.15, -0.1) is 0 Å². The molecule has 94 valence electrons. The van der Waals surface area contributed by atoms with Gasteiger partial charge in [0.1, 0.15) is 5.69 Å². The number of anilines is 1. The summed E-state index contributed by atoms with van der Waals surface area (Å²) < 4.78 is 52.7. The number of aromatic nitrogens is 1. The Morgan fingerprint density at radius 3 is 2.24 bits per heavy atom. The summed E-state index contributed by atoms with van der Waals surface area (Å²) in [7, 11) is 0. The smallest absolute Gasteiger partial charge is 0.253 e. The van der Waals surface area contributed by atoms with Gasteiger partial charge in [-0.05, 0) is 12.3 Å². The first-order chi connectivity index (χ1) is 8.04. The van der Waals surface area contributed by atoms with E-state index in [9.17, 15) is 17.6 Å². The lowest BCUT2D eigenvalue weighted by molar-refractivity contribution is 0.406. The zero-order valence-electron chi connectivity index (χ0n) is 9.31. The molecule has 0 aromatic carbocycles. The zero-order valence-corrected chi connectivity index (χ0v) is 9.31. The highest BCUT2D eigenvalue weighted by molar-refractivity contribution is 5.49. The lowest BCUT2D eigenvalue weighted by Gasteiger charge is -2.19. The molecule has 0 bridgehead atoms. The second-order valence-corrected chi connectivity index (χ2v) is 4.18. The monoisotopic (exact) mass is 248 g/mol. The molecular weight excluding hydrogens is 236 g/mol. The minimum Gasteiger partial charge on any atom is -0.366 e. The van der Waals surface area contributed by atoms with Gasteiger partial charge in [-0.25, -0.2) is 0 Å². The molecular formula is C11H12F4N2. The molecule has 2 rings (SSSR count). The molecule has 2 nitrogen and oxygen atoms in total.